The van der Waals surface area contributed by atoms with Crippen LogP contribution < -0.4 is 0 Å². The van der Waals surface area contributed by atoms with Crippen LogP contribution in [0.2, 0.25) is 0 Å². The van der Waals surface area contributed by atoms with Crippen molar-refractivity contribution in [1.82, 2.24) is 14.5 Å². The highest BCUT2D eigenvalue weighted by Crippen LogP contribution is 2.40. The molecule has 2 bridgehead atoms. The highest BCUT2D eigenvalue weighted by Gasteiger charge is 2.35. The Balaban J connectivity index is 1.49. The molecule has 23 heavy (non-hydrogen) atoms. The van der Waals surface area contributed by atoms with Gasteiger partial charge in [0.15, 0.2) is 0 Å². The van der Waals surface area contributed by atoms with Crippen molar-refractivity contribution in [1.29, 1.82) is 0 Å². The van der Waals surface area contributed by atoms with Crippen LogP contribution in [0.25, 0.3) is 21.0 Å². The molecule has 3 aromatic heterocycles. The number of fused-ring (bicyclic) bond motifs is 3. The second-order valence-electron chi connectivity index (χ2n) is 6.57. The van der Waals surface area contributed by atoms with Gasteiger partial charge in [0.2, 0.25) is 0 Å². The number of rotatable bonds is 3. The molecular weight excluding hydrogens is 306 g/mol. The molecule has 6 heterocycles. The molecule has 3 aliphatic rings. The summed E-state index contributed by atoms with van der Waals surface area (Å²) in [4.78, 5) is 9.59. The summed E-state index contributed by atoms with van der Waals surface area (Å²) < 4.78 is 7.62. The summed E-state index contributed by atoms with van der Waals surface area (Å²) >= 11 is 1.81. The van der Waals surface area contributed by atoms with E-state index in [0.29, 0.717) is 6.04 Å². The lowest BCUT2D eigenvalue weighted by Crippen LogP contribution is -2.48. The Morgan fingerprint density at radius 2 is 2.00 bits per heavy atom. The summed E-state index contributed by atoms with van der Waals surface area (Å²) in [5, 5.41) is 0. The van der Waals surface area contributed by atoms with E-state index >= 15 is 0 Å². The zero-order valence-electron chi connectivity index (χ0n) is 12.9. The Morgan fingerprint density at radius 1 is 1.13 bits per heavy atom. The van der Waals surface area contributed by atoms with Gasteiger partial charge < -0.3 is 13.9 Å². The fraction of sp³-hybridized carbons (Fsp3) is 0.389. The van der Waals surface area contributed by atoms with Gasteiger partial charge in [0.25, 0.3) is 0 Å². The van der Waals surface area contributed by atoms with Gasteiger partial charge in [-0.25, -0.2) is 4.98 Å². The Bertz CT molecular complexity index is 796. The molecule has 0 spiro atoms. The molecule has 6 rings (SSSR count). The molecule has 3 aliphatic heterocycles. The van der Waals surface area contributed by atoms with E-state index in [9.17, 15) is 0 Å². The Labute approximate surface area is 139 Å². The van der Waals surface area contributed by atoms with Crippen LogP contribution in [-0.4, -0.2) is 34.1 Å². The summed E-state index contributed by atoms with van der Waals surface area (Å²) in [6.45, 7) is 3.72. The number of aromatic nitrogens is 2. The van der Waals surface area contributed by atoms with Crippen molar-refractivity contribution < 1.29 is 4.42 Å². The predicted molar refractivity (Wildman–Crippen MR) is 91.4 cm³/mol. The highest BCUT2D eigenvalue weighted by molar-refractivity contribution is 7.18. The van der Waals surface area contributed by atoms with E-state index in [1.54, 1.807) is 12.5 Å². The lowest BCUT2D eigenvalue weighted by molar-refractivity contribution is 0.0577. The quantitative estimate of drug-likeness (QED) is 0.726. The normalized spacial score (nSPS) is 26.7. The van der Waals surface area contributed by atoms with Gasteiger partial charge in [0, 0.05) is 17.0 Å². The van der Waals surface area contributed by atoms with Gasteiger partial charge in [-0.1, -0.05) is 0 Å². The molecule has 0 aromatic carbocycles. The smallest absolute Gasteiger partial charge is 0.0989 e. The largest absolute Gasteiger partial charge is 0.472 e. The lowest BCUT2D eigenvalue weighted by atomic mass is 9.84. The minimum absolute atomic E-state index is 0.578. The summed E-state index contributed by atoms with van der Waals surface area (Å²) in [5.74, 6) is 0.807. The first-order valence-corrected chi connectivity index (χ1v) is 9.07. The van der Waals surface area contributed by atoms with Crippen LogP contribution in [0.4, 0.5) is 0 Å². The van der Waals surface area contributed by atoms with Gasteiger partial charge in [-0.2, -0.15) is 0 Å². The van der Waals surface area contributed by atoms with Crippen molar-refractivity contribution in [3.8, 4) is 21.0 Å². The van der Waals surface area contributed by atoms with Gasteiger partial charge in [-0.3, -0.25) is 0 Å². The maximum atomic E-state index is 5.20. The number of piperidine rings is 3. The van der Waals surface area contributed by atoms with Crippen LogP contribution in [-0.2, 0) is 0 Å². The molecule has 3 fully saturated rings. The van der Waals surface area contributed by atoms with Gasteiger partial charge in [-0.05, 0) is 50.0 Å². The van der Waals surface area contributed by atoms with Crippen molar-refractivity contribution in [2.24, 2.45) is 5.92 Å². The van der Waals surface area contributed by atoms with E-state index in [2.05, 4.69) is 26.6 Å². The van der Waals surface area contributed by atoms with Crippen LogP contribution in [0.5, 0.6) is 0 Å². The van der Waals surface area contributed by atoms with E-state index < -0.39 is 0 Å². The summed E-state index contributed by atoms with van der Waals surface area (Å²) in [7, 11) is 0. The number of hydrogen-bond acceptors (Lipinski definition) is 4. The first kappa shape index (κ1) is 13.6. The van der Waals surface area contributed by atoms with Crippen LogP contribution in [0.3, 0.4) is 0 Å². The minimum atomic E-state index is 0.578. The SMILES string of the molecule is c1cc(-c2ccc(-c3cncn3[C@H]3CN4CCC3CC4)s2)co1. The third-order valence-electron chi connectivity index (χ3n) is 5.31. The van der Waals surface area contributed by atoms with Gasteiger partial charge in [0.1, 0.15) is 0 Å². The standard InChI is InChI=1S/C18H19N3OS/c1-2-18(23-17(1)14-5-8-22-11-14)15-9-19-12-21(15)16-10-20-6-3-13(16)4-7-20/h1-2,5,8-9,11-13,16H,3-4,6-7,10H2/t16-/m0/s1. The number of nitrogens with zero attached hydrogens (tertiary/aromatic N) is 3. The first-order valence-electron chi connectivity index (χ1n) is 8.25. The number of imidazole rings is 1. The average Bonchev–Trinajstić information content (AvgIpc) is 3.35. The van der Waals surface area contributed by atoms with Crippen molar-refractivity contribution in [3.63, 3.8) is 0 Å². The fourth-order valence-corrected chi connectivity index (χ4v) is 5.05. The van der Waals surface area contributed by atoms with Crippen LogP contribution in [0, 0.1) is 5.92 Å². The molecule has 118 valence electrons. The second kappa shape index (κ2) is 5.35. The van der Waals surface area contributed by atoms with Crippen LogP contribution >= 0.6 is 11.3 Å². The molecule has 0 unspecified atom stereocenters. The molecule has 0 radical (unpaired) electrons. The van der Waals surface area contributed by atoms with Crippen molar-refractivity contribution in [3.05, 3.63) is 43.2 Å². The molecule has 0 aliphatic carbocycles. The van der Waals surface area contributed by atoms with Gasteiger partial charge in [0.05, 0.1) is 41.7 Å². The Hall–Kier alpha value is -1.85. The van der Waals surface area contributed by atoms with E-state index in [4.69, 9.17) is 4.42 Å². The molecule has 0 saturated carbocycles. The molecule has 3 saturated heterocycles. The zero-order chi connectivity index (χ0) is 15.2. The second-order valence-corrected chi connectivity index (χ2v) is 7.65. The molecule has 0 amide bonds. The maximum absolute atomic E-state index is 5.20. The average molecular weight is 325 g/mol. The van der Waals surface area contributed by atoms with E-state index in [1.165, 1.54) is 47.9 Å². The molecular formula is C18H19N3OS. The third kappa shape index (κ3) is 2.26. The zero-order valence-corrected chi connectivity index (χ0v) is 13.7. The third-order valence-corrected chi connectivity index (χ3v) is 6.47. The lowest BCUT2D eigenvalue weighted by Gasteiger charge is -2.45. The van der Waals surface area contributed by atoms with E-state index in [1.807, 2.05) is 29.9 Å². The number of furan rings is 1. The molecule has 3 aromatic rings. The van der Waals surface area contributed by atoms with Gasteiger partial charge >= 0.3 is 0 Å². The van der Waals surface area contributed by atoms with Crippen molar-refractivity contribution in [2.45, 2.75) is 18.9 Å². The minimum Gasteiger partial charge on any atom is -0.472 e. The summed E-state index contributed by atoms with van der Waals surface area (Å²) in [6, 6.07) is 6.98. The summed E-state index contributed by atoms with van der Waals surface area (Å²) in [6.07, 6.45) is 10.2. The number of hydrogen-bond donors (Lipinski definition) is 0. The topological polar surface area (TPSA) is 34.2 Å². The summed E-state index contributed by atoms with van der Waals surface area (Å²) in [5.41, 5.74) is 2.40. The molecule has 4 nitrogen and oxygen atoms in total. The van der Waals surface area contributed by atoms with E-state index in [-0.39, 0.29) is 0 Å². The Morgan fingerprint density at radius 3 is 2.74 bits per heavy atom. The molecule has 0 N–H and O–H groups in total. The predicted octanol–water partition coefficient (Wildman–Crippen LogP) is 4.14. The maximum Gasteiger partial charge on any atom is 0.0989 e. The molecule has 5 heteroatoms. The van der Waals surface area contributed by atoms with Crippen LogP contribution in [0.1, 0.15) is 18.9 Å². The fourth-order valence-electron chi connectivity index (χ4n) is 4.04. The number of thiophene rings is 1. The monoisotopic (exact) mass is 325 g/mol. The van der Waals surface area contributed by atoms with Gasteiger partial charge in [-0.15, -0.1) is 11.3 Å². The van der Waals surface area contributed by atoms with Crippen molar-refractivity contribution >= 4 is 11.3 Å². The van der Waals surface area contributed by atoms with Crippen molar-refractivity contribution in [2.75, 3.05) is 19.6 Å². The van der Waals surface area contributed by atoms with E-state index in [0.717, 1.165) is 11.5 Å². The highest BCUT2D eigenvalue weighted by atomic mass is 32.1. The first-order chi connectivity index (χ1) is 11.4. The Kier molecular flexibility index (Phi) is 3.16. The van der Waals surface area contributed by atoms with Crippen LogP contribution in [0.15, 0.2) is 47.7 Å². The molecule has 1 atom stereocenters.